The predicted octanol–water partition coefficient (Wildman–Crippen LogP) is 2.57. The summed E-state index contributed by atoms with van der Waals surface area (Å²) in [6, 6.07) is 7.86. The Hall–Kier alpha value is -3.74. The van der Waals surface area contributed by atoms with E-state index in [0.717, 1.165) is 24.3 Å². The topological polar surface area (TPSA) is 170 Å². The van der Waals surface area contributed by atoms with Crippen LogP contribution in [-0.2, 0) is 14.8 Å². The number of methoxy groups -OCH3 is 1. The standard InChI is InChI=1S/C17H17N3O9S/c1-29-15-9-8-12(19(23)24)11-14(15)18(10-4-7-17(21)22)30(27,28)16-6-3-2-5-13(16)20(25)26/h2-3,5-6,8-9,11H,4,7,10H2,1H3,(H,21,22). The summed E-state index contributed by atoms with van der Waals surface area (Å²) in [4.78, 5) is 31.1. The van der Waals surface area contributed by atoms with E-state index >= 15 is 0 Å². The monoisotopic (exact) mass is 439 g/mol. The van der Waals surface area contributed by atoms with E-state index in [1.807, 2.05) is 0 Å². The number of nitro benzene ring substituents is 2. The molecule has 0 aromatic heterocycles. The molecule has 12 nitrogen and oxygen atoms in total. The summed E-state index contributed by atoms with van der Waals surface area (Å²) in [7, 11) is -3.39. The maximum Gasteiger partial charge on any atom is 0.303 e. The lowest BCUT2D eigenvalue weighted by atomic mass is 10.2. The Labute approximate surface area is 170 Å². The first-order valence-corrected chi connectivity index (χ1v) is 9.84. The van der Waals surface area contributed by atoms with Gasteiger partial charge in [-0.3, -0.25) is 29.3 Å². The van der Waals surface area contributed by atoms with Crippen LogP contribution in [-0.4, -0.2) is 43.0 Å². The first-order chi connectivity index (χ1) is 14.1. The van der Waals surface area contributed by atoms with Crippen molar-refractivity contribution in [3.05, 3.63) is 62.7 Å². The minimum absolute atomic E-state index is 0.0434. The van der Waals surface area contributed by atoms with Crippen LogP contribution in [0.2, 0.25) is 0 Å². The summed E-state index contributed by atoms with van der Waals surface area (Å²) >= 11 is 0. The van der Waals surface area contributed by atoms with E-state index in [9.17, 15) is 33.4 Å². The molecular weight excluding hydrogens is 422 g/mol. The van der Waals surface area contributed by atoms with Gasteiger partial charge in [0.15, 0.2) is 4.90 Å². The number of benzene rings is 2. The molecule has 2 aromatic rings. The number of carboxylic acids is 1. The molecule has 0 radical (unpaired) electrons. The third kappa shape index (κ3) is 4.81. The molecule has 160 valence electrons. The highest BCUT2D eigenvalue weighted by Gasteiger charge is 2.34. The summed E-state index contributed by atoms with van der Waals surface area (Å²) in [6.07, 6.45) is -0.540. The van der Waals surface area contributed by atoms with Crippen LogP contribution in [0.1, 0.15) is 12.8 Å². The molecule has 0 aliphatic carbocycles. The molecular formula is C17H17N3O9S. The number of ether oxygens (including phenoxy) is 1. The zero-order valence-corrected chi connectivity index (χ0v) is 16.4. The Morgan fingerprint density at radius 3 is 2.37 bits per heavy atom. The van der Waals surface area contributed by atoms with E-state index in [2.05, 4.69) is 0 Å². The molecule has 0 aliphatic rings. The largest absolute Gasteiger partial charge is 0.495 e. The van der Waals surface area contributed by atoms with Crippen molar-refractivity contribution < 1.29 is 32.9 Å². The van der Waals surface area contributed by atoms with Crippen LogP contribution in [0.3, 0.4) is 0 Å². The van der Waals surface area contributed by atoms with Crippen molar-refractivity contribution in [3.8, 4) is 5.75 Å². The van der Waals surface area contributed by atoms with Crippen LogP contribution in [0.4, 0.5) is 17.1 Å². The molecule has 1 N–H and O–H groups in total. The van der Waals surface area contributed by atoms with Gasteiger partial charge in [-0.2, -0.15) is 0 Å². The van der Waals surface area contributed by atoms with Gasteiger partial charge in [-0.1, -0.05) is 12.1 Å². The smallest absolute Gasteiger partial charge is 0.303 e. The Morgan fingerprint density at radius 2 is 1.80 bits per heavy atom. The van der Waals surface area contributed by atoms with Gasteiger partial charge in [0.2, 0.25) is 0 Å². The summed E-state index contributed by atoms with van der Waals surface area (Å²) in [5.74, 6) is -1.22. The molecule has 13 heteroatoms. The van der Waals surface area contributed by atoms with Crippen molar-refractivity contribution >= 4 is 33.1 Å². The quantitative estimate of drug-likeness (QED) is 0.431. The van der Waals surface area contributed by atoms with Crippen molar-refractivity contribution in [1.82, 2.24) is 0 Å². The summed E-state index contributed by atoms with van der Waals surface area (Å²) < 4.78 is 32.5. The number of nitro groups is 2. The van der Waals surface area contributed by atoms with Gasteiger partial charge in [0.05, 0.1) is 17.0 Å². The third-order valence-corrected chi connectivity index (χ3v) is 5.88. The van der Waals surface area contributed by atoms with Gasteiger partial charge in [0.25, 0.3) is 21.4 Å². The number of hydrogen-bond donors (Lipinski definition) is 1. The average Bonchev–Trinajstić information content (AvgIpc) is 2.70. The minimum atomic E-state index is -4.61. The first-order valence-electron chi connectivity index (χ1n) is 8.40. The van der Waals surface area contributed by atoms with E-state index < -0.39 is 48.7 Å². The molecule has 0 amide bonds. The van der Waals surface area contributed by atoms with Crippen LogP contribution in [0.15, 0.2) is 47.4 Å². The fourth-order valence-corrected chi connectivity index (χ4v) is 4.34. The highest BCUT2D eigenvalue weighted by Crippen LogP contribution is 2.37. The SMILES string of the molecule is COc1ccc([N+](=O)[O-])cc1N(CCCC(=O)O)S(=O)(=O)c1ccccc1[N+](=O)[O-]. The number of aliphatic carboxylic acids is 1. The molecule has 0 saturated heterocycles. The number of para-hydroxylation sites is 1. The minimum Gasteiger partial charge on any atom is -0.495 e. The van der Waals surface area contributed by atoms with Gasteiger partial charge in [0.1, 0.15) is 11.4 Å². The van der Waals surface area contributed by atoms with Gasteiger partial charge in [0, 0.05) is 31.2 Å². The lowest BCUT2D eigenvalue weighted by molar-refractivity contribution is -0.387. The molecule has 0 atom stereocenters. The normalized spacial score (nSPS) is 11.0. The highest BCUT2D eigenvalue weighted by atomic mass is 32.2. The van der Waals surface area contributed by atoms with Crippen molar-refractivity contribution in [3.63, 3.8) is 0 Å². The lowest BCUT2D eigenvalue weighted by Crippen LogP contribution is -2.33. The Kier molecular flexibility index (Phi) is 6.89. The Morgan fingerprint density at radius 1 is 1.13 bits per heavy atom. The molecule has 0 bridgehead atoms. The van der Waals surface area contributed by atoms with E-state index in [1.165, 1.54) is 25.3 Å². The van der Waals surface area contributed by atoms with Gasteiger partial charge in [-0.15, -0.1) is 0 Å². The van der Waals surface area contributed by atoms with Crippen molar-refractivity contribution in [1.29, 1.82) is 0 Å². The van der Waals surface area contributed by atoms with Crippen LogP contribution in [0.25, 0.3) is 0 Å². The molecule has 0 heterocycles. The zero-order valence-electron chi connectivity index (χ0n) is 15.6. The number of carbonyl (C=O) groups is 1. The number of sulfonamides is 1. The maximum absolute atomic E-state index is 13.3. The number of carboxylic acid groups (broad SMARTS) is 1. The summed E-state index contributed by atoms with van der Waals surface area (Å²) in [6.45, 7) is -0.405. The van der Waals surface area contributed by atoms with Crippen molar-refractivity contribution in [2.45, 2.75) is 17.7 Å². The zero-order chi connectivity index (χ0) is 22.5. The van der Waals surface area contributed by atoms with Crippen LogP contribution >= 0.6 is 0 Å². The second-order valence-corrected chi connectivity index (χ2v) is 7.74. The molecule has 30 heavy (non-hydrogen) atoms. The number of non-ortho nitro benzene ring substituents is 1. The molecule has 2 rings (SSSR count). The van der Waals surface area contributed by atoms with Crippen molar-refractivity contribution in [2.24, 2.45) is 0 Å². The molecule has 0 fully saturated rings. The summed E-state index contributed by atoms with van der Waals surface area (Å²) in [5, 5.41) is 31.4. The van der Waals surface area contributed by atoms with Gasteiger partial charge < -0.3 is 9.84 Å². The Bertz CT molecular complexity index is 1090. The third-order valence-electron chi connectivity index (χ3n) is 4.02. The molecule has 0 unspecified atom stereocenters. The van der Waals surface area contributed by atoms with Gasteiger partial charge >= 0.3 is 5.97 Å². The molecule has 0 saturated carbocycles. The second-order valence-electron chi connectivity index (χ2n) is 5.91. The number of hydrogen-bond acceptors (Lipinski definition) is 8. The highest BCUT2D eigenvalue weighted by molar-refractivity contribution is 7.93. The van der Waals surface area contributed by atoms with E-state index in [-0.39, 0.29) is 24.3 Å². The first kappa shape index (κ1) is 22.5. The van der Waals surface area contributed by atoms with Crippen LogP contribution in [0, 0.1) is 20.2 Å². The maximum atomic E-state index is 13.3. The molecule has 2 aromatic carbocycles. The van der Waals surface area contributed by atoms with E-state index in [0.29, 0.717) is 4.31 Å². The van der Waals surface area contributed by atoms with Crippen LogP contribution in [0.5, 0.6) is 5.75 Å². The Balaban J connectivity index is 2.70. The second kappa shape index (κ2) is 9.17. The molecule has 0 spiro atoms. The predicted molar refractivity (Wildman–Crippen MR) is 104 cm³/mol. The van der Waals surface area contributed by atoms with E-state index in [1.54, 1.807) is 0 Å². The van der Waals surface area contributed by atoms with Crippen molar-refractivity contribution in [2.75, 3.05) is 18.0 Å². The van der Waals surface area contributed by atoms with Gasteiger partial charge in [-0.25, -0.2) is 8.42 Å². The summed E-state index contributed by atoms with van der Waals surface area (Å²) in [5.41, 5.74) is -1.37. The van der Waals surface area contributed by atoms with E-state index in [4.69, 9.17) is 9.84 Å². The number of nitrogens with zero attached hydrogens (tertiary/aromatic N) is 3. The molecule has 0 aliphatic heterocycles. The number of rotatable bonds is 10. The average molecular weight is 439 g/mol. The fraction of sp³-hybridized carbons (Fsp3) is 0.235. The van der Waals surface area contributed by atoms with Gasteiger partial charge in [-0.05, 0) is 18.6 Å². The fourth-order valence-electron chi connectivity index (χ4n) is 2.68. The number of anilines is 1. The lowest BCUT2D eigenvalue weighted by Gasteiger charge is -2.25. The van der Waals surface area contributed by atoms with Crippen LogP contribution < -0.4 is 9.04 Å².